The molecule has 2 amide bonds. The second-order valence-electron chi connectivity index (χ2n) is 4.86. The monoisotopic (exact) mass is 313 g/mol. The van der Waals surface area contributed by atoms with Gasteiger partial charge < -0.3 is 21.1 Å². The smallest absolute Gasteiger partial charge is 0.243 e. The van der Waals surface area contributed by atoms with E-state index in [9.17, 15) is 9.59 Å². The van der Waals surface area contributed by atoms with Crippen LogP contribution in [0.2, 0.25) is 5.02 Å². The maximum absolute atomic E-state index is 11.8. The van der Waals surface area contributed by atoms with Crippen molar-refractivity contribution >= 4 is 29.1 Å². The molecule has 7 heteroatoms. The van der Waals surface area contributed by atoms with Crippen molar-refractivity contribution in [3.63, 3.8) is 0 Å². The molecule has 1 atom stereocenters. The van der Waals surface area contributed by atoms with E-state index >= 15 is 0 Å². The quantitative estimate of drug-likeness (QED) is 0.739. The molecular formula is C14H20ClN3O3. The number of para-hydroxylation sites is 1. The molecule has 0 unspecified atom stereocenters. The van der Waals surface area contributed by atoms with Gasteiger partial charge in [0.15, 0.2) is 5.75 Å². The van der Waals surface area contributed by atoms with Crippen molar-refractivity contribution < 1.29 is 14.3 Å². The third-order valence-electron chi connectivity index (χ3n) is 2.89. The molecular weight excluding hydrogens is 294 g/mol. The molecule has 6 nitrogen and oxygen atoms in total. The Labute approximate surface area is 129 Å². The average molecular weight is 314 g/mol. The molecule has 1 aromatic carbocycles. The zero-order chi connectivity index (χ0) is 16.0. The predicted molar refractivity (Wildman–Crippen MR) is 82.5 cm³/mol. The second-order valence-corrected chi connectivity index (χ2v) is 5.26. The summed E-state index contributed by atoms with van der Waals surface area (Å²) in [5.41, 5.74) is 6.13. The lowest BCUT2D eigenvalue weighted by atomic mass is 10.1. The Balaban J connectivity index is 2.59. The number of amides is 2. The highest BCUT2D eigenvalue weighted by Gasteiger charge is 2.18. The molecule has 0 radical (unpaired) electrons. The van der Waals surface area contributed by atoms with Gasteiger partial charge in [-0.1, -0.05) is 31.5 Å². The van der Waals surface area contributed by atoms with Gasteiger partial charge in [0.2, 0.25) is 11.8 Å². The number of hydrogen-bond donors (Lipinski definition) is 3. The summed E-state index contributed by atoms with van der Waals surface area (Å²) in [7, 11) is 1.46. The first-order valence-corrected chi connectivity index (χ1v) is 6.90. The highest BCUT2D eigenvalue weighted by atomic mass is 35.5. The van der Waals surface area contributed by atoms with Crippen LogP contribution in [0.15, 0.2) is 18.2 Å². The summed E-state index contributed by atoms with van der Waals surface area (Å²) in [4.78, 5) is 23.5. The fraction of sp³-hybridized carbons (Fsp3) is 0.429. The van der Waals surface area contributed by atoms with Gasteiger partial charge in [0, 0.05) is 0 Å². The van der Waals surface area contributed by atoms with Gasteiger partial charge in [0.05, 0.1) is 30.4 Å². The number of carbonyl (C=O) groups excluding carboxylic acids is 2. The van der Waals surface area contributed by atoms with Gasteiger partial charge in [0.25, 0.3) is 0 Å². The molecule has 0 saturated heterocycles. The zero-order valence-corrected chi connectivity index (χ0v) is 13.0. The van der Waals surface area contributed by atoms with Crippen LogP contribution in [0, 0.1) is 5.92 Å². The minimum absolute atomic E-state index is 0.00100. The fourth-order valence-corrected chi connectivity index (χ4v) is 1.85. The molecule has 0 aliphatic carbocycles. The molecule has 0 saturated carbocycles. The van der Waals surface area contributed by atoms with E-state index in [2.05, 4.69) is 10.6 Å². The Bertz CT molecular complexity index is 520. The molecule has 4 N–H and O–H groups in total. The molecule has 21 heavy (non-hydrogen) atoms. The summed E-state index contributed by atoms with van der Waals surface area (Å²) in [6.45, 7) is 3.50. The van der Waals surface area contributed by atoms with Crippen LogP contribution in [-0.4, -0.2) is 31.5 Å². The van der Waals surface area contributed by atoms with Crippen molar-refractivity contribution in [2.24, 2.45) is 11.7 Å². The number of rotatable bonds is 6. The van der Waals surface area contributed by atoms with Crippen molar-refractivity contribution in [1.82, 2.24) is 5.32 Å². The van der Waals surface area contributed by atoms with Crippen LogP contribution in [0.25, 0.3) is 0 Å². The largest absolute Gasteiger partial charge is 0.493 e. The van der Waals surface area contributed by atoms with E-state index in [1.807, 2.05) is 13.8 Å². The van der Waals surface area contributed by atoms with Crippen LogP contribution in [0.3, 0.4) is 0 Å². The van der Waals surface area contributed by atoms with Crippen LogP contribution >= 0.6 is 11.6 Å². The van der Waals surface area contributed by atoms with Gasteiger partial charge >= 0.3 is 0 Å². The highest BCUT2D eigenvalue weighted by Crippen LogP contribution is 2.32. The predicted octanol–water partition coefficient (Wildman–Crippen LogP) is 1.39. The topological polar surface area (TPSA) is 93.5 Å². The van der Waals surface area contributed by atoms with Crippen molar-refractivity contribution in [3.8, 4) is 5.75 Å². The molecule has 0 fully saturated rings. The lowest BCUT2D eigenvalue weighted by Gasteiger charge is -2.15. The highest BCUT2D eigenvalue weighted by molar-refractivity contribution is 6.32. The van der Waals surface area contributed by atoms with E-state index in [4.69, 9.17) is 22.1 Å². The van der Waals surface area contributed by atoms with Crippen molar-refractivity contribution in [2.45, 2.75) is 19.9 Å². The van der Waals surface area contributed by atoms with Crippen LogP contribution in [0.4, 0.5) is 5.69 Å². The zero-order valence-electron chi connectivity index (χ0n) is 12.3. The summed E-state index contributed by atoms with van der Waals surface area (Å²) in [6, 6.07) is 4.36. The first-order valence-electron chi connectivity index (χ1n) is 6.52. The average Bonchev–Trinajstić information content (AvgIpc) is 2.44. The number of benzene rings is 1. The molecule has 1 aromatic rings. The summed E-state index contributed by atoms with van der Waals surface area (Å²) < 4.78 is 5.12. The van der Waals surface area contributed by atoms with E-state index in [1.54, 1.807) is 18.2 Å². The summed E-state index contributed by atoms with van der Waals surface area (Å²) in [5, 5.41) is 5.50. The molecule has 0 aromatic heterocycles. The van der Waals surface area contributed by atoms with E-state index in [0.717, 1.165) is 0 Å². The van der Waals surface area contributed by atoms with Crippen molar-refractivity contribution in [2.75, 3.05) is 19.0 Å². The summed E-state index contributed by atoms with van der Waals surface area (Å²) >= 11 is 5.95. The number of ether oxygens (including phenoxy) is 1. The van der Waals surface area contributed by atoms with E-state index in [0.29, 0.717) is 16.5 Å². The Hall–Kier alpha value is -1.79. The number of nitrogens with one attached hydrogen (secondary N) is 2. The lowest BCUT2D eigenvalue weighted by Crippen LogP contribution is -2.46. The van der Waals surface area contributed by atoms with Crippen LogP contribution < -0.4 is 21.1 Å². The van der Waals surface area contributed by atoms with Gasteiger partial charge in [0.1, 0.15) is 0 Å². The Morgan fingerprint density at radius 1 is 1.38 bits per heavy atom. The lowest BCUT2D eigenvalue weighted by molar-refractivity contribution is -0.125. The molecule has 0 spiro atoms. The summed E-state index contributed by atoms with van der Waals surface area (Å²) in [5.74, 6) is -0.378. The Morgan fingerprint density at radius 2 is 2.05 bits per heavy atom. The standard InChI is InChI=1S/C14H20ClN3O3/c1-8(2)12(16)14(20)17-7-11(19)18-10-6-4-5-9(15)13(10)21-3/h4-6,8,12H,7,16H2,1-3H3,(H,17,20)(H,18,19)/t12-/m0/s1. The fourth-order valence-electron chi connectivity index (χ4n) is 1.60. The number of halogens is 1. The van der Waals surface area contributed by atoms with Crippen LogP contribution in [0.1, 0.15) is 13.8 Å². The summed E-state index contributed by atoms with van der Waals surface area (Å²) in [6.07, 6.45) is 0. The number of carbonyl (C=O) groups is 2. The molecule has 116 valence electrons. The SMILES string of the molecule is COc1c(Cl)cccc1NC(=O)CNC(=O)[C@@H](N)C(C)C. The van der Waals surface area contributed by atoms with Gasteiger partial charge in [-0.3, -0.25) is 9.59 Å². The molecule has 1 rings (SSSR count). The number of anilines is 1. The second kappa shape index (κ2) is 7.85. The minimum Gasteiger partial charge on any atom is -0.493 e. The van der Waals surface area contributed by atoms with E-state index in [-0.39, 0.29) is 24.3 Å². The first kappa shape index (κ1) is 17.3. The maximum atomic E-state index is 11.8. The Morgan fingerprint density at radius 3 is 2.62 bits per heavy atom. The molecule has 0 aliphatic rings. The number of hydrogen-bond acceptors (Lipinski definition) is 4. The van der Waals surface area contributed by atoms with E-state index < -0.39 is 6.04 Å². The number of nitrogens with two attached hydrogens (primary N) is 1. The van der Waals surface area contributed by atoms with Gasteiger partial charge in [-0.25, -0.2) is 0 Å². The van der Waals surface area contributed by atoms with E-state index in [1.165, 1.54) is 7.11 Å². The van der Waals surface area contributed by atoms with Crippen molar-refractivity contribution in [1.29, 1.82) is 0 Å². The van der Waals surface area contributed by atoms with Crippen molar-refractivity contribution in [3.05, 3.63) is 23.2 Å². The number of methoxy groups -OCH3 is 1. The molecule has 0 aliphatic heterocycles. The van der Waals surface area contributed by atoms with Gasteiger partial charge in [-0.2, -0.15) is 0 Å². The maximum Gasteiger partial charge on any atom is 0.243 e. The molecule has 0 heterocycles. The third kappa shape index (κ3) is 4.91. The van der Waals surface area contributed by atoms with Crippen LogP contribution in [0.5, 0.6) is 5.75 Å². The van der Waals surface area contributed by atoms with Gasteiger partial charge in [-0.05, 0) is 18.1 Å². The normalized spacial score (nSPS) is 11.9. The Kier molecular flexibility index (Phi) is 6.45. The minimum atomic E-state index is -0.640. The van der Waals surface area contributed by atoms with Crippen LogP contribution in [-0.2, 0) is 9.59 Å². The van der Waals surface area contributed by atoms with Gasteiger partial charge in [-0.15, -0.1) is 0 Å². The first-order chi connectivity index (χ1) is 9.86. The third-order valence-corrected chi connectivity index (χ3v) is 3.19. The molecule has 0 bridgehead atoms.